The van der Waals surface area contributed by atoms with Crippen molar-refractivity contribution >= 4 is 17.3 Å². The number of halogens is 1. The molecule has 12 heavy (non-hydrogen) atoms. The van der Waals surface area contributed by atoms with E-state index >= 15 is 0 Å². The molecule has 0 aromatic heterocycles. The Balaban J connectivity index is 2.82. The Morgan fingerprint density at radius 3 is 2.58 bits per heavy atom. The highest BCUT2D eigenvalue weighted by molar-refractivity contribution is 6.17. The fourth-order valence-corrected chi connectivity index (χ4v) is 1.32. The number of rotatable bonds is 3. The molecule has 0 aliphatic heterocycles. The maximum Gasteiger partial charge on any atom is 0.0494 e. The van der Waals surface area contributed by atoms with Gasteiger partial charge in [-0.1, -0.05) is 18.2 Å². The molecule has 0 aliphatic carbocycles. The van der Waals surface area contributed by atoms with E-state index < -0.39 is 0 Å². The van der Waals surface area contributed by atoms with Crippen LogP contribution in [-0.4, -0.2) is 6.04 Å². The van der Waals surface area contributed by atoms with Crippen LogP contribution in [0.2, 0.25) is 0 Å². The summed E-state index contributed by atoms with van der Waals surface area (Å²) in [6.07, 6.45) is 0. The highest BCUT2D eigenvalue weighted by atomic mass is 35.5. The predicted molar refractivity (Wildman–Crippen MR) is 54.8 cm³/mol. The number of alkyl halides is 1. The number of hydrogen-bond donors (Lipinski definition) is 1. The van der Waals surface area contributed by atoms with Gasteiger partial charge in [0, 0.05) is 17.6 Å². The van der Waals surface area contributed by atoms with Crippen LogP contribution in [0.4, 0.5) is 5.69 Å². The first-order valence-corrected chi connectivity index (χ1v) is 4.68. The molecule has 0 amide bonds. The highest BCUT2D eigenvalue weighted by Crippen LogP contribution is 2.17. The lowest BCUT2D eigenvalue weighted by molar-refractivity contribution is 0.897. The molecule has 0 spiro atoms. The molecule has 0 bridgehead atoms. The van der Waals surface area contributed by atoms with Crippen LogP contribution in [0.1, 0.15) is 19.4 Å². The Labute approximate surface area is 78.7 Å². The summed E-state index contributed by atoms with van der Waals surface area (Å²) in [6, 6.07) is 8.56. The van der Waals surface area contributed by atoms with E-state index in [2.05, 4.69) is 25.2 Å². The molecule has 2 heteroatoms. The molecule has 0 atom stereocenters. The zero-order valence-electron chi connectivity index (χ0n) is 7.47. The smallest absolute Gasteiger partial charge is 0.0494 e. The van der Waals surface area contributed by atoms with Gasteiger partial charge in [-0.3, -0.25) is 0 Å². The van der Waals surface area contributed by atoms with Crippen molar-refractivity contribution in [1.29, 1.82) is 0 Å². The van der Waals surface area contributed by atoms with E-state index in [-0.39, 0.29) is 0 Å². The fourth-order valence-electron chi connectivity index (χ4n) is 1.09. The summed E-state index contributed by atoms with van der Waals surface area (Å²) >= 11 is 5.78. The van der Waals surface area contributed by atoms with Gasteiger partial charge >= 0.3 is 0 Å². The Kier molecular flexibility index (Phi) is 3.42. The Morgan fingerprint density at radius 1 is 1.33 bits per heavy atom. The van der Waals surface area contributed by atoms with Crippen LogP contribution in [0.5, 0.6) is 0 Å². The summed E-state index contributed by atoms with van der Waals surface area (Å²) < 4.78 is 0. The lowest BCUT2D eigenvalue weighted by Crippen LogP contribution is -2.10. The van der Waals surface area contributed by atoms with Gasteiger partial charge in [-0.25, -0.2) is 0 Å². The molecule has 1 nitrogen and oxygen atoms in total. The first kappa shape index (κ1) is 9.40. The van der Waals surface area contributed by atoms with Crippen LogP contribution in [-0.2, 0) is 5.88 Å². The lowest BCUT2D eigenvalue weighted by atomic mass is 10.2. The number of hydrogen-bond acceptors (Lipinski definition) is 1. The van der Waals surface area contributed by atoms with Gasteiger partial charge in [0.25, 0.3) is 0 Å². The van der Waals surface area contributed by atoms with Gasteiger partial charge in [-0.2, -0.15) is 0 Å². The van der Waals surface area contributed by atoms with Gasteiger partial charge in [0.1, 0.15) is 0 Å². The molecule has 1 N–H and O–H groups in total. The Morgan fingerprint density at radius 2 is 2.00 bits per heavy atom. The lowest BCUT2D eigenvalue weighted by Gasteiger charge is -2.12. The third kappa shape index (κ3) is 2.42. The van der Waals surface area contributed by atoms with Gasteiger partial charge in [0.15, 0.2) is 0 Å². The molecule has 0 fully saturated rings. The van der Waals surface area contributed by atoms with Gasteiger partial charge in [0.05, 0.1) is 0 Å². The van der Waals surface area contributed by atoms with Gasteiger partial charge in [-0.15, -0.1) is 11.6 Å². The van der Waals surface area contributed by atoms with Crippen molar-refractivity contribution in [2.75, 3.05) is 5.32 Å². The molecule has 1 aromatic carbocycles. The second-order valence-corrected chi connectivity index (χ2v) is 3.36. The van der Waals surface area contributed by atoms with Crippen molar-refractivity contribution in [1.82, 2.24) is 0 Å². The first-order valence-electron chi connectivity index (χ1n) is 4.14. The minimum atomic E-state index is 0.453. The quantitative estimate of drug-likeness (QED) is 0.710. The van der Waals surface area contributed by atoms with Gasteiger partial charge < -0.3 is 5.32 Å². The first-order chi connectivity index (χ1) is 5.74. The van der Waals surface area contributed by atoms with Crippen molar-refractivity contribution in [3.05, 3.63) is 29.8 Å². The van der Waals surface area contributed by atoms with Crippen molar-refractivity contribution in [3.63, 3.8) is 0 Å². The van der Waals surface area contributed by atoms with E-state index in [1.165, 1.54) is 0 Å². The second-order valence-electron chi connectivity index (χ2n) is 3.09. The van der Waals surface area contributed by atoms with Crippen LogP contribution in [0, 0.1) is 0 Å². The van der Waals surface area contributed by atoms with Crippen molar-refractivity contribution in [2.45, 2.75) is 25.8 Å². The van der Waals surface area contributed by atoms with Crippen LogP contribution < -0.4 is 5.32 Å². The second kappa shape index (κ2) is 4.36. The minimum Gasteiger partial charge on any atom is -0.383 e. The van der Waals surface area contributed by atoms with Crippen LogP contribution >= 0.6 is 11.6 Å². The average molecular weight is 184 g/mol. The number of para-hydroxylation sites is 1. The monoisotopic (exact) mass is 183 g/mol. The highest BCUT2D eigenvalue weighted by Gasteiger charge is 2.00. The molecule has 1 aromatic rings. The minimum absolute atomic E-state index is 0.453. The normalized spacial score (nSPS) is 10.3. The van der Waals surface area contributed by atoms with E-state index in [1.54, 1.807) is 0 Å². The molecule has 0 aliphatic rings. The Bertz CT molecular complexity index is 245. The van der Waals surface area contributed by atoms with Gasteiger partial charge in [-0.05, 0) is 25.5 Å². The molecule has 0 saturated heterocycles. The fraction of sp³-hybridized carbons (Fsp3) is 0.400. The van der Waals surface area contributed by atoms with Crippen molar-refractivity contribution in [2.24, 2.45) is 0 Å². The molecule has 0 radical (unpaired) electrons. The summed E-state index contributed by atoms with van der Waals surface area (Å²) in [5.74, 6) is 0.565. The number of nitrogens with one attached hydrogen (secondary N) is 1. The van der Waals surface area contributed by atoms with E-state index in [0.717, 1.165) is 11.3 Å². The number of anilines is 1. The molecule has 0 saturated carbocycles. The Hall–Kier alpha value is -0.690. The van der Waals surface area contributed by atoms with Crippen molar-refractivity contribution in [3.8, 4) is 0 Å². The predicted octanol–water partition coefficient (Wildman–Crippen LogP) is 3.25. The van der Waals surface area contributed by atoms with E-state index in [9.17, 15) is 0 Å². The van der Waals surface area contributed by atoms with Crippen LogP contribution in [0.25, 0.3) is 0 Å². The molecular weight excluding hydrogens is 170 g/mol. The molecular formula is C10H14ClN. The standard InChI is InChI=1S/C10H14ClN/c1-8(2)12-10-6-4-3-5-9(10)7-11/h3-6,8,12H,7H2,1-2H3. The summed E-state index contributed by atoms with van der Waals surface area (Å²) in [5.41, 5.74) is 2.30. The maximum atomic E-state index is 5.78. The van der Waals surface area contributed by atoms with Crippen LogP contribution in [0.3, 0.4) is 0 Å². The summed E-state index contributed by atoms with van der Waals surface area (Å²) in [5, 5.41) is 3.34. The van der Waals surface area contributed by atoms with Crippen molar-refractivity contribution < 1.29 is 0 Å². The zero-order chi connectivity index (χ0) is 8.97. The molecule has 0 unspecified atom stereocenters. The van der Waals surface area contributed by atoms with E-state index in [1.807, 2.05) is 18.2 Å². The third-order valence-electron chi connectivity index (χ3n) is 1.61. The SMILES string of the molecule is CC(C)Nc1ccccc1CCl. The molecule has 66 valence electrons. The largest absolute Gasteiger partial charge is 0.383 e. The summed E-state index contributed by atoms with van der Waals surface area (Å²) in [4.78, 5) is 0. The topological polar surface area (TPSA) is 12.0 Å². The summed E-state index contributed by atoms with van der Waals surface area (Å²) in [6.45, 7) is 4.23. The summed E-state index contributed by atoms with van der Waals surface area (Å²) in [7, 11) is 0. The molecule has 0 heterocycles. The average Bonchev–Trinajstić information content (AvgIpc) is 2.04. The number of benzene rings is 1. The van der Waals surface area contributed by atoms with E-state index in [4.69, 9.17) is 11.6 Å². The zero-order valence-corrected chi connectivity index (χ0v) is 8.23. The van der Waals surface area contributed by atoms with Crippen LogP contribution in [0.15, 0.2) is 24.3 Å². The van der Waals surface area contributed by atoms with Gasteiger partial charge in [0.2, 0.25) is 0 Å². The molecule has 1 rings (SSSR count). The maximum absolute atomic E-state index is 5.78. The third-order valence-corrected chi connectivity index (χ3v) is 1.89. The van der Waals surface area contributed by atoms with E-state index in [0.29, 0.717) is 11.9 Å².